The fourth-order valence-corrected chi connectivity index (χ4v) is 3.72. The molecule has 1 heterocycles. The lowest BCUT2D eigenvalue weighted by molar-refractivity contribution is 0.0559. The van der Waals surface area contributed by atoms with E-state index in [9.17, 15) is 0 Å². The lowest BCUT2D eigenvalue weighted by Gasteiger charge is -2.57. The number of fused-ring (bicyclic) bond motifs is 4. The summed E-state index contributed by atoms with van der Waals surface area (Å²) in [4.78, 5) is 0. The monoisotopic (exact) mass is 245 g/mol. The minimum atomic E-state index is 0.345. The quantitative estimate of drug-likeness (QED) is 0.730. The summed E-state index contributed by atoms with van der Waals surface area (Å²) in [5.74, 6) is 0. The molecule has 0 unspecified atom stereocenters. The molecular formula is C17H27N. The molecule has 1 N–H and O–H groups in total. The topological polar surface area (TPSA) is 12.0 Å². The van der Waals surface area contributed by atoms with Crippen LogP contribution in [-0.2, 0) is 11.8 Å². The SMILES string of the molecule is CC.CC1(C)[C@@H]2Cc3ccccc3[C@@]1(C)CCN2. The van der Waals surface area contributed by atoms with Gasteiger partial charge in [-0.1, -0.05) is 58.9 Å². The molecule has 1 aliphatic carbocycles. The Morgan fingerprint density at radius 1 is 1.11 bits per heavy atom. The predicted octanol–water partition coefficient (Wildman–Crippen LogP) is 3.91. The number of hydrogen-bond acceptors (Lipinski definition) is 1. The zero-order chi connectivity index (χ0) is 13.4. The van der Waals surface area contributed by atoms with Crippen LogP contribution in [0.5, 0.6) is 0 Å². The van der Waals surface area contributed by atoms with E-state index in [-0.39, 0.29) is 0 Å². The molecule has 0 saturated carbocycles. The standard InChI is InChI=1S/C15H21N.C2H6/c1-14(2)13-10-11-6-4-5-7-12(11)15(14,3)8-9-16-13;1-2/h4-7,13,16H,8-10H2,1-3H3;1-2H3/t13-,15+;/m0./s1. The molecule has 2 bridgehead atoms. The van der Waals surface area contributed by atoms with E-state index in [0.717, 1.165) is 0 Å². The van der Waals surface area contributed by atoms with Crippen LogP contribution in [0.15, 0.2) is 24.3 Å². The first-order valence-corrected chi connectivity index (χ1v) is 7.37. The second-order valence-electron chi connectivity index (χ2n) is 6.17. The Balaban J connectivity index is 0.000000574. The van der Waals surface area contributed by atoms with Crippen molar-refractivity contribution in [3.63, 3.8) is 0 Å². The van der Waals surface area contributed by atoms with Crippen LogP contribution in [0, 0.1) is 5.41 Å². The van der Waals surface area contributed by atoms with E-state index in [4.69, 9.17) is 0 Å². The van der Waals surface area contributed by atoms with Gasteiger partial charge in [0.2, 0.25) is 0 Å². The molecule has 2 atom stereocenters. The summed E-state index contributed by atoms with van der Waals surface area (Å²) in [6.07, 6.45) is 2.45. The van der Waals surface area contributed by atoms with Crippen molar-refractivity contribution in [1.29, 1.82) is 0 Å². The summed E-state index contributed by atoms with van der Waals surface area (Å²) in [5.41, 5.74) is 3.86. The normalized spacial score (nSPS) is 31.9. The van der Waals surface area contributed by atoms with Crippen molar-refractivity contribution in [3.05, 3.63) is 35.4 Å². The van der Waals surface area contributed by atoms with E-state index in [1.54, 1.807) is 11.1 Å². The van der Waals surface area contributed by atoms with Crippen molar-refractivity contribution in [3.8, 4) is 0 Å². The van der Waals surface area contributed by atoms with Crippen LogP contribution in [0.3, 0.4) is 0 Å². The molecule has 1 aromatic rings. The first-order valence-electron chi connectivity index (χ1n) is 7.37. The van der Waals surface area contributed by atoms with Crippen molar-refractivity contribution >= 4 is 0 Å². The Kier molecular flexibility index (Phi) is 3.55. The molecule has 0 spiro atoms. The minimum absolute atomic E-state index is 0.345. The Morgan fingerprint density at radius 3 is 2.50 bits per heavy atom. The summed E-state index contributed by atoms with van der Waals surface area (Å²) in [6.45, 7) is 12.5. The minimum Gasteiger partial charge on any atom is -0.313 e. The van der Waals surface area contributed by atoms with Crippen LogP contribution < -0.4 is 5.32 Å². The summed E-state index contributed by atoms with van der Waals surface area (Å²) in [6, 6.07) is 9.67. The van der Waals surface area contributed by atoms with E-state index < -0.39 is 0 Å². The van der Waals surface area contributed by atoms with Gasteiger partial charge in [-0.05, 0) is 35.9 Å². The van der Waals surface area contributed by atoms with Crippen molar-refractivity contribution in [2.75, 3.05) is 6.54 Å². The van der Waals surface area contributed by atoms with Crippen LogP contribution in [0.1, 0.15) is 52.2 Å². The van der Waals surface area contributed by atoms with Gasteiger partial charge in [-0.15, -0.1) is 0 Å². The van der Waals surface area contributed by atoms with Gasteiger partial charge in [-0.25, -0.2) is 0 Å². The van der Waals surface area contributed by atoms with Crippen LogP contribution >= 0.6 is 0 Å². The molecule has 1 fully saturated rings. The summed E-state index contributed by atoms with van der Waals surface area (Å²) >= 11 is 0. The highest BCUT2D eigenvalue weighted by atomic mass is 15.0. The molecule has 1 nitrogen and oxygen atoms in total. The van der Waals surface area contributed by atoms with Gasteiger partial charge < -0.3 is 5.32 Å². The largest absolute Gasteiger partial charge is 0.313 e. The van der Waals surface area contributed by atoms with E-state index in [1.807, 2.05) is 13.8 Å². The Morgan fingerprint density at radius 2 is 1.78 bits per heavy atom. The van der Waals surface area contributed by atoms with Crippen molar-refractivity contribution in [1.82, 2.24) is 5.32 Å². The summed E-state index contributed by atoms with van der Waals surface area (Å²) in [7, 11) is 0. The fraction of sp³-hybridized carbons (Fsp3) is 0.647. The second kappa shape index (κ2) is 4.70. The van der Waals surface area contributed by atoms with Gasteiger partial charge >= 0.3 is 0 Å². The highest BCUT2D eigenvalue weighted by molar-refractivity contribution is 5.41. The van der Waals surface area contributed by atoms with Crippen molar-refractivity contribution < 1.29 is 0 Å². The molecule has 0 aromatic heterocycles. The van der Waals surface area contributed by atoms with E-state index in [2.05, 4.69) is 50.4 Å². The number of nitrogens with one attached hydrogen (secondary N) is 1. The third kappa shape index (κ3) is 1.72. The predicted molar refractivity (Wildman–Crippen MR) is 79.0 cm³/mol. The smallest absolute Gasteiger partial charge is 0.0167 e. The van der Waals surface area contributed by atoms with Crippen LogP contribution in [0.25, 0.3) is 0 Å². The lowest BCUT2D eigenvalue weighted by Crippen LogP contribution is -2.62. The number of piperidine rings is 1. The number of benzene rings is 1. The highest BCUT2D eigenvalue weighted by Crippen LogP contribution is 2.53. The van der Waals surface area contributed by atoms with E-state index in [1.165, 1.54) is 19.4 Å². The number of rotatable bonds is 0. The van der Waals surface area contributed by atoms with Crippen LogP contribution in [0.2, 0.25) is 0 Å². The van der Waals surface area contributed by atoms with Crippen LogP contribution in [0.4, 0.5) is 0 Å². The average molecular weight is 245 g/mol. The Bertz CT molecular complexity index is 421. The molecule has 1 aromatic carbocycles. The molecule has 3 rings (SSSR count). The third-order valence-corrected chi connectivity index (χ3v) is 5.34. The Labute approximate surface area is 112 Å². The molecule has 1 heteroatoms. The maximum atomic E-state index is 3.71. The van der Waals surface area contributed by atoms with Gasteiger partial charge in [-0.3, -0.25) is 0 Å². The van der Waals surface area contributed by atoms with Gasteiger partial charge in [0.05, 0.1) is 0 Å². The maximum Gasteiger partial charge on any atom is 0.0167 e. The lowest BCUT2D eigenvalue weighted by atomic mass is 9.51. The van der Waals surface area contributed by atoms with Gasteiger partial charge in [0.15, 0.2) is 0 Å². The summed E-state index contributed by atoms with van der Waals surface area (Å²) < 4.78 is 0. The second-order valence-corrected chi connectivity index (χ2v) is 6.17. The zero-order valence-corrected chi connectivity index (χ0v) is 12.5. The first-order chi connectivity index (χ1) is 8.56. The van der Waals surface area contributed by atoms with Gasteiger partial charge in [-0.2, -0.15) is 0 Å². The fourth-order valence-electron chi connectivity index (χ4n) is 3.72. The maximum absolute atomic E-state index is 3.71. The number of hydrogen-bond donors (Lipinski definition) is 1. The molecule has 100 valence electrons. The van der Waals surface area contributed by atoms with E-state index in [0.29, 0.717) is 16.9 Å². The average Bonchev–Trinajstić information content (AvgIpc) is 2.36. The molecule has 2 aliphatic rings. The Hall–Kier alpha value is -0.820. The molecule has 0 amide bonds. The van der Waals surface area contributed by atoms with Crippen LogP contribution in [-0.4, -0.2) is 12.6 Å². The van der Waals surface area contributed by atoms with Crippen molar-refractivity contribution in [2.45, 2.75) is 58.9 Å². The first kappa shape index (κ1) is 13.6. The van der Waals surface area contributed by atoms with E-state index >= 15 is 0 Å². The zero-order valence-electron chi connectivity index (χ0n) is 12.5. The summed E-state index contributed by atoms with van der Waals surface area (Å²) in [5, 5.41) is 3.71. The molecule has 0 radical (unpaired) electrons. The van der Waals surface area contributed by atoms with Gasteiger partial charge in [0.25, 0.3) is 0 Å². The van der Waals surface area contributed by atoms with Gasteiger partial charge in [0, 0.05) is 11.5 Å². The van der Waals surface area contributed by atoms with Gasteiger partial charge in [0.1, 0.15) is 0 Å². The molecule has 18 heavy (non-hydrogen) atoms. The molecule has 1 aliphatic heterocycles. The third-order valence-electron chi connectivity index (χ3n) is 5.34. The molecular weight excluding hydrogens is 218 g/mol. The van der Waals surface area contributed by atoms with Crippen molar-refractivity contribution in [2.24, 2.45) is 5.41 Å². The highest BCUT2D eigenvalue weighted by Gasteiger charge is 2.52. The molecule has 1 saturated heterocycles.